The molecule has 0 radical (unpaired) electrons. The molecule has 114 valence electrons. The number of nitrogens with zero attached hydrogens (tertiary/aromatic N) is 1. The van der Waals surface area contributed by atoms with Gasteiger partial charge in [0.25, 0.3) is 0 Å². The maximum atomic E-state index is 9.92. The van der Waals surface area contributed by atoms with Gasteiger partial charge in [0.2, 0.25) is 0 Å². The van der Waals surface area contributed by atoms with Crippen LogP contribution < -0.4 is 0 Å². The summed E-state index contributed by atoms with van der Waals surface area (Å²) in [4.78, 5) is 4.14. The van der Waals surface area contributed by atoms with Gasteiger partial charge in [0, 0.05) is 21.3 Å². The second kappa shape index (κ2) is 7.22. The SMILES string of the molecule is [2H]C1([2H])C([2H])([2H])C([2H])([2H])C([2H])(/C(=C\c2ccccn2)C2CCC(O)CC2)C([2H])([2H])C1([2H])[2H]. The third kappa shape index (κ3) is 3.94. The van der Waals surface area contributed by atoms with Crippen molar-refractivity contribution in [2.24, 2.45) is 11.8 Å². The van der Waals surface area contributed by atoms with Crippen LogP contribution in [-0.2, 0) is 0 Å². The summed E-state index contributed by atoms with van der Waals surface area (Å²) in [6.07, 6.45) is -14.2. The van der Waals surface area contributed by atoms with E-state index in [4.69, 9.17) is 15.1 Å². The molecular weight excluding hydrogens is 258 g/mol. The second-order valence-electron chi connectivity index (χ2n) is 5.36. The molecule has 2 saturated carbocycles. The first-order chi connectivity index (χ1) is 14.5. The quantitative estimate of drug-likeness (QED) is 0.884. The summed E-state index contributed by atoms with van der Waals surface area (Å²) < 4.78 is 92.5. The molecule has 2 nitrogen and oxygen atoms in total. The van der Waals surface area contributed by atoms with Crippen LogP contribution in [0.5, 0.6) is 0 Å². The van der Waals surface area contributed by atoms with Crippen LogP contribution in [0.1, 0.15) is 78.3 Å². The Labute approximate surface area is 143 Å². The van der Waals surface area contributed by atoms with Crippen LogP contribution in [0.2, 0.25) is 0 Å². The van der Waals surface area contributed by atoms with Gasteiger partial charge >= 0.3 is 0 Å². The van der Waals surface area contributed by atoms with Crippen molar-refractivity contribution in [1.82, 2.24) is 4.98 Å². The van der Waals surface area contributed by atoms with Crippen LogP contribution in [0.15, 0.2) is 30.0 Å². The number of allylic oxidation sites excluding steroid dienone is 1. The summed E-state index contributed by atoms with van der Waals surface area (Å²) in [6, 6.07) is 4.83. The molecule has 1 aromatic rings. The van der Waals surface area contributed by atoms with Crippen LogP contribution in [0.25, 0.3) is 6.08 Å². The number of rotatable bonds is 3. The molecule has 1 N–H and O–H groups in total. The van der Waals surface area contributed by atoms with Crippen molar-refractivity contribution in [1.29, 1.82) is 0 Å². The van der Waals surface area contributed by atoms with E-state index in [1.807, 2.05) is 0 Å². The average molecular weight is 296 g/mol. The zero-order chi connectivity index (χ0) is 24.4. The van der Waals surface area contributed by atoms with E-state index < -0.39 is 49.8 Å². The predicted molar refractivity (Wildman–Crippen MR) is 86.8 cm³/mol. The van der Waals surface area contributed by atoms with Gasteiger partial charge in [-0.05, 0) is 68.4 Å². The van der Waals surface area contributed by atoms with E-state index in [0.717, 1.165) is 0 Å². The Balaban J connectivity index is 2.33. The van der Waals surface area contributed by atoms with Gasteiger partial charge in [0.15, 0.2) is 0 Å². The summed E-state index contributed by atoms with van der Waals surface area (Å²) in [6.45, 7) is 0. The van der Waals surface area contributed by atoms with Crippen LogP contribution >= 0.6 is 0 Å². The van der Waals surface area contributed by atoms with Gasteiger partial charge in [0.05, 0.1) is 11.8 Å². The van der Waals surface area contributed by atoms with Gasteiger partial charge in [-0.2, -0.15) is 0 Å². The number of hydrogen-bond donors (Lipinski definition) is 1. The molecule has 0 unspecified atom stereocenters. The summed E-state index contributed by atoms with van der Waals surface area (Å²) in [5.41, 5.74) is 0.0860. The van der Waals surface area contributed by atoms with E-state index >= 15 is 0 Å². The van der Waals surface area contributed by atoms with Crippen molar-refractivity contribution < 1.29 is 20.2 Å². The molecular formula is C19H27NO. The molecule has 0 aromatic carbocycles. The lowest BCUT2D eigenvalue weighted by atomic mass is 9.73. The van der Waals surface area contributed by atoms with Gasteiger partial charge in [-0.3, -0.25) is 4.98 Å². The monoisotopic (exact) mass is 296 g/mol. The standard InChI is InChI=1S/C19H27NO/c21-18-11-9-16(10-12-18)19(15-6-2-1-3-7-15)14-17-8-4-5-13-20-17/h4-5,8,13-16,18,21H,1-3,6-7,9-12H2/b19-14+/i1D2,2D2,3D2,6D2,7D2,15D. The first-order valence-corrected chi connectivity index (χ1v) is 7.28. The number of aliphatic hydroxyl groups is 1. The topological polar surface area (TPSA) is 33.1 Å². The summed E-state index contributed by atoms with van der Waals surface area (Å²) in [7, 11) is 0. The Morgan fingerprint density at radius 1 is 1.19 bits per heavy atom. The lowest BCUT2D eigenvalue weighted by Crippen LogP contribution is -2.23. The van der Waals surface area contributed by atoms with Gasteiger partial charge in [0.1, 0.15) is 0 Å². The van der Waals surface area contributed by atoms with E-state index in [2.05, 4.69) is 4.98 Å². The van der Waals surface area contributed by atoms with Gasteiger partial charge < -0.3 is 5.11 Å². The minimum Gasteiger partial charge on any atom is -0.393 e. The first-order valence-electron chi connectivity index (χ1n) is 12.8. The van der Waals surface area contributed by atoms with E-state index in [-0.39, 0.29) is 24.1 Å². The van der Waals surface area contributed by atoms with Crippen molar-refractivity contribution in [3.05, 3.63) is 35.7 Å². The summed E-state index contributed by atoms with van der Waals surface area (Å²) in [5, 5.41) is 9.92. The molecule has 0 saturated heterocycles. The fourth-order valence-electron chi connectivity index (χ4n) is 2.80. The molecule has 0 aliphatic heterocycles. The second-order valence-corrected chi connectivity index (χ2v) is 5.36. The maximum absolute atomic E-state index is 9.92. The molecule has 0 bridgehead atoms. The van der Waals surface area contributed by atoms with E-state index in [0.29, 0.717) is 12.8 Å². The molecule has 1 aromatic heterocycles. The van der Waals surface area contributed by atoms with Crippen LogP contribution in [0, 0.1) is 11.8 Å². The zero-order valence-corrected chi connectivity index (χ0v) is 11.8. The number of hydrogen-bond acceptors (Lipinski definition) is 2. The van der Waals surface area contributed by atoms with Crippen molar-refractivity contribution >= 4 is 6.08 Å². The molecule has 0 amide bonds. The molecule has 21 heavy (non-hydrogen) atoms. The number of aromatic nitrogens is 1. The fraction of sp³-hybridized carbons (Fsp3) is 0.632. The summed E-state index contributed by atoms with van der Waals surface area (Å²) >= 11 is 0. The highest BCUT2D eigenvalue weighted by molar-refractivity contribution is 5.50. The third-order valence-electron chi connectivity index (χ3n) is 3.92. The Morgan fingerprint density at radius 2 is 1.95 bits per heavy atom. The van der Waals surface area contributed by atoms with Gasteiger partial charge in [-0.25, -0.2) is 0 Å². The molecule has 1 heterocycles. The lowest BCUT2D eigenvalue weighted by molar-refractivity contribution is 0.113. The predicted octanol–water partition coefficient (Wildman–Crippen LogP) is 4.60. The highest BCUT2D eigenvalue weighted by Gasteiger charge is 2.28. The highest BCUT2D eigenvalue weighted by Crippen LogP contribution is 2.40. The van der Waals surface area contributed by atoms with Crippen LogP contribution in [0.3, 0.4) is 0 Å². The highest BCUT2D eigenvalue weighted by atomic mass is 16.3. The molecule has 0 atom stereocenters. The smallest absolute Gasteiger partial charge is 0.0629 e. The number of pyridine rings is 1. The minimum atomic E-state index is -3.56. The molecule has 3 rings (SSSR count). The Bertz CT molecular complexity index is 847. The van der Waals surface area contributed by atoms with E-state index in [1.165, 1.54) is 12.3 Å². The Kier molecular flexibility index (Phi) is 2.25. The molecule has 0 spiro atoms. The molecule has 2 aliphatic rings. The third-order valence-corrected chi connectivity index (χ3v) is 3.92. The average Bonchev–Trinajstić information content (AvgIpc) is 2.71. The number of aliphatic hydroxyl groups excluding tert-OH is 1. The van der Waals surface area contributed by atoms with Crippen LogP contribution in [-0.4, -0.2) is 16.2 Å². The van der Waals surface area contributed by atoms with Crippen molar-refractivity contribution in [2.45, 2.75) is 63.7 Å². The lowest BCUT2D eigenvalue weighted by Gasteiger charge is -2.34. The van der Waals surface area contributed by atoms with Gasteiger partial charge in [-0.15, -0.1) is 0 Å². The van der Waals surface area contributed by atoms with Crippen LogP contribution in [0.4, 0.5) is 0 Å². The van der Waals surface area contributed by atoms with Crippen molar-refractivity contribution in [3.63, 3.8) is 0 Å². The van der Waals surface area contributed by atoms with E-state index in [9.17, 15) is 5.11 Å². The zero-order valence-electron chi connectivity index (χ0n) is 22.8. The first kappa shape index (κ1) is 6.54. The van der Waals surface area contributed by atoms with E-state index in [1.54, 1.807) is 18.2 Å². The van der Waals surface area contributed by atoms with Crippen molar-refractivity contribution in [3.8, 4) is 0 Å². The maximum Gasteiger partial charge on any atom is 0.0629 e. The van der Waals surface area contributed by atoms with Crippen molar-refractivity contribution in [2.75, 3.05) is 0 Å². The molecule has 2 fully saturated rings. The van der Waals surface area contributed by atoms with Gasteiger partial charge in [-0.1, -0.05) is 30.8 Å². The Hall–Kier alpha value is -1.15. The normalized spacial score (nSPS) is 49.8. The molecule has 2 aliphatic carbocycles. The fourth-order valence-corrected chi connectivity index (χ4v) is 2.80. The summed E-state index contributed by atoms with van der Waals surface area (Å²) in [5.74, 6) is -3.76. The minimum absolute atomic E-state index is 0.179. The Morgan fingerprint density at radius 3 is 2.62 bits per heavy atom. The largest absolute Gasteiger partial charge is 0.393 e. The molecule has 2 heteroatoms.